The first-order valence-corrected chi connectivity index (χ1v) is 13.0. The Morgan fingerprint density at radius 1 is 0.833 bits per heavy atom. The number of rotatable bonds is 3. The Morgan fingerprint density at radius 3 is 1.60 bits per heavy atom. The van der Waals surface area contributed by atoms with Crippen LogP contribution in [0.2, 0.25) is 0 Å². The largest absolute Gasteiger partial charge is 0.481 e. The van der Waals surface area contributed by atoms with Crippen LogP contribution < -0.4 is 0 Å². The molecule has 9 heteroatoms. The molecule has 0 amide bonds. The van der Waals surface area contributed by atoms with E-state index < -0.39 is 27.1 Å². The molecule has 4 atom stereocenters. The van der Waals surface area contributed by atoms with Crippen LogP contribution in [0.1, 0.15) is 39.5 Å². The highest BCUT2D eigenvalue weighted by Crippen LogP contribution is 2.45. The maximum atomic E-state index is 12.1. The van der Waals surface area contributed by atoms with Gasteiger partial charge in [-0.15, -0.1) is 0 Å². The minimum absolute atomic E-state index is 0.0246. The number of hydrogen-bond donors (Lipinski definition) is 1. The van der Waals surface area contributed by atoms with Crippen LogP contribution in [0.15, 0.2) is 0 Å². The van der Waals surface area contributed by atoms with E-state index in [-0.39, 0.29) is 29.5 Å². The molecule has 0 aromatic carbocycles. The van der Waals surface area contributed by atoms with E-state index in [1.54, 1.807) is 12.5 Å². The summed E-state index contributed by atoms with van der Waals surface area (Å²) in [5.74, 6) is -1.92. The van der Waals surface area contributed by atoms with Crippen molar-refractivity contribution in [2.45, 2.75) is 51.1 Å². The third-order valence-corrected chi connectivity index (χ3v) is 7.21. The Labute approximate surface area is 178 Å². The lowest BCUT2D eigenvalue weighted by Crippen LogP contribution is -2.27. The molecule has 2 unspecified atom stereocenters. The molecule has 0 aromatic rings. The Kier molecular flexibility index (Phi) is 6.99. The van der Waals surface area contributed by atoms with E-state index in [1.165, 1.54) is 5.37 Å². The van der Waals surface area contributed by atoms with Gasteiger partial charge in [0.1, 0.15) is 0 Å². The van der Waals surface area contributed by atoms with Crippen LogP contribution in [-0.2, 0) is 38.1 Å². The van der Waals surface area contributed by atoms with Gasteiger partial charge in [0, 0.05) is 49.5 Å². The van der Waals surface area contributed by atoms with E-state index in [9.17, 15) is 13.8 Å². The number of carbonyl (C=O) groups excluding carboxylic acids is 1. The number of aliphatic carboxylic acids is 1. The molecule has 4 fully saturated rings. The molecule has 2 aliphatic heterocycles. The minimum Gasteiger partial charge on any atom is -0.481 e. The lowest BCUT2D eigenvalue weighted by molar-refractivity contribution is -0.159. The van der Waals surface area contributed by atoms with Gasteiger partial charge in [-0.3, -0.25) is 13.8 Å². The van der Waals surface area contributed by atoms with Gasteiger partial charge < -0.3 is 24.1 Å². The molecule has 2 saturated heterocycles. The molecule has 2 aliphatic carbocycles. The van der Waals surface area contributed by atoms with Crippen molar-refractivity contribution in [3.05, 3.63) is 0 Å². The Morgan fingerprint density at radius 2 is 1.23 bits per heavy atom. The van der Waals surface area contributed by atoms with Crippen LogP contribution in [0.4, 0.5) is 0 Å². The number of ketones is 1. The average Bonchev–Trinajstić information content (AvgIpc) is 3.38. The molecule has 172 valence electrons. The molecule has 2 heterocycles. The molecule has 2 saturated carbocycles. The second kappa shape index (κ2) is 8.86. The molecule has 8 nitrogen and oxygen atoms in total. The first-order valence-electron chi connectivity index (χ1n) is 10.6. The normalized spacial score (nSPS) is 34.1. The summed E-state index contributed by atoms with van der Waals surface area (Å²) in [5.41, 5.74) is 0. The molecular weight excluding hydrogens is 412 g/mol. The molecule has 2 spiro atoms. The van der Waals surface area contributed by atoms with Crippen molar-refractivity contribution in [2.24, 2.45) is 23.7 Å². The van der Waals surface area contributed by atoms with Crippen molar-refractivity contribution < 1.29 is 37.9 Å². The van der Waals surface area contributed by atoms with Gasteiger partial charge in [-0.25, -0.2) is 0 Å². The summed E-state index contributed by atoms with van der Waals surface area (Å²) < 4.78 is 33.8. The zero-order valence-electron chi connectivity index (χ0n) is 18.3. The third-order valence-electron chi connectivity index (χ3n) is 6.41. The monoisotopic (exact) mass is 446 g/mol. The number of carbonyl (C=O) groups is 2. The maximum Gasteiger partial charge on any atom is 0.306 e. The van der Waals surface area contributed by atoms with Crippen LogP contribution in [0.25, 0.3) is 0 Å². The van der Waals surface area contributed by atoms with Crippen molar-refractivity contribution in [1.82, 2.24) is 0 Å². The summed E-state index contributed by atoms with van der Waals surface area (Å²) in [6.45, 7) is 6.38. The van der Waals surface area contributed by atoms with Crippen molar-refractivity contribution in [1.29, 1.82) is 0 Å². The van der Waals surface area contributed by atoms with Gasteiger partial charge in [0.05, 0.1) is 32.3 Å². The average molecular weight is 447 g/mol. The molecule has 4 aliphatic rings. The Balaban J connectivity index is 0.000000177. The number of carboxylic acids is 1. The van der Waals surface area contributed by atoms with Crippen molar-refractivity contribution >= 4 is 26.6 Å². The highest BCUT2D eigenvalue weighted by molar-refractivity contribution is 8.01. The standard InChI is InChI=1S/C12H20O4S.C9H14O4/c1-9-6-12(15-4-5-16-12)7-10(9)11(13)8-17(2,3)14;1-6-4-9(12-2-3-13-9)5-7(6)8(10)11/h8-10H,4-7H2,1-3H3;6-7H,2-5H2,1H3,(H,10,11)/t9-,10+;/m1./s1. The number of carboxylic acid groups (broad SMARTS) is 1. The number of Topliss-reactive ketones (excluding diaryl/α,β-unsaturated/α-hetero) is 1. The zero-order chi connectivity index (χ0) is 22.2. The van der Waals surface area contributed by atoms with E-state index >= 15 is 0 Å². The zero-order valence-corrected chi connectivity index (χ0v) is 19.1. The first-order chi connectivity index (χ1) is 13.9. The van der Waals surface area contributed by atoms with E-state index in [4.69, 9.17) is 24.1 Å². The van der Waals surface area contributed by atoms with Gasteiger partial charge in [-0.1, -0.05) is 13.8 Å². The second-order valence-electron chi connectivity index (χ2n) is 9.37. The summed E-state index contributed by atoms with van der Waals surface area (Å²) in [7, 11) is -2.13. The van der Waals surface area contributed by atoms with Crippen molar-refractivity contribution in [3.8, 4) is 0 Å². The SMILES string of the molecule is CC1CC2(CC1C(=O)O)OCCO2.C[C@@H]1CC2(C[C@@H]1C(=O)C=S(C)(C)=O)OCCO2. The van der Waals surface area contributed by atoms with Crippen LogP contribution in [0.5, 0.6) is 0 Å². The Bertz CT molecular complexity index is 764. The van der Waals surface area contributed by atoms with Crippen LogP contribution in [0.3, 0.4) is 0 Å². The number of hydrogen-bond acceptors (Lipinski definition) is 7. The fourth-order valence-electron chi connectivity index (χ4n) is 5.05. The maximum absolute atomic E-state index is 12.1. The van der Waals surface area contributed by atoms with Crippen LogP contribution >= 0.6 is 0 Å². The van der Waals surface area contributed by atoms with E-state index in [1.807, 2.05) is 13.8 Å². The molecule has 0 bridgehead atoms. The van der Waals surface area contributed by atoms with E-state index in [0.717, 1.165) is 6.42 Å². The quantitative estimate of drug-likeness (QED) is 0.651. The van der Waals surface area contributed by atoms with Gasteiger partial charge in [0.2, 0.25) is 0 Å². The van der Waals surface area contributed by atoms with E-state index in [2.05, 4.69) is 0 Å². The van der Waals surface area contributed by atoms with Crippen LogP contribution in [-0.4, -0.2) is 76.9 Å². The third kappa shape index (κ3) is 5.43. The topological polar surface area (TPSA) is 108 Å². The Hall–Kier alpha value is -1.00. The summed E-state index contributed by atoms with van der Waals surface area (Å²) in [6.07, 6.45) is 5.74. The van der Waals surface area contributed by atoms with Gasteiger partial charge in [0.15, 0.2) is 17.4 Å². The molecule has 30 heavy (non-hydrogen) atoms. The van der Waals surface area contributed by atoms with Gasteiger partial charge in [0.25, 0.3) is 0 Å². The fourth-order valence-corrected chi connectivity index (χ4v) is 5.78. The molecule has 4 rings (SSSR count). The van der Waals surface area contributed by atoms with Gasteiger partial charge in [-0.2, -0.15) is 0 Å². The van der Waals surface area contributed by atoms with Gasteiger partial charge in [-0.05, 0) is 21.4 Å². The second-order valence-corrected chi connectivity index (χ2v) is 12.2. The fraction of sp³-hybridized carbons (Fsp3) is 0.857. The smallest absolute Gasteiger partial charge is 0.306 e. The first kappa shape index (κ1) is 23.7. The lowest BCUT2D eigenvalue weighted by atomic mass is 9.95. The van der Waals surface area contributed by atoms with Crippen molar-refractivity contribution in [3.63, 3.8) is 0 Å². The summed E-state index contributed by atoms with van der Waals surface area (Å²) in [4.78, 5) is 22.9. The highest BCUT2D eigenvalue weighted by atomic mass is 32.2. The van der Waals surface area contributed by atoms with E-state index in [0.29, 0.717) is 45.7 Å². The molecular formula is C21H34O8S. The lowest BCUT2D eigenvalue weighted by Gasteiger charge is -2.21. The molecule has 0 aromatic heterocycles. The van der Waals surface area contributed by atoms with Gasteiger partial charge >= 0.3 is 5.97 Å². The van der Waals surface area contributed by atoms with Crippen molar-refractivity contribution in [2.75, 3.05) is 38.9 Å². The summed E-state index contributed by atoms with van der Waals surface area (Å²) >= 11 is 0. The van der Waals surface area contributed by atoms with Crippen LogP contribution in [0, 0.1) is 23.7 Å². The molecule has 0 radical (unpaired) electrons. The highest BCUT2D eigenvalue weighted by Gasteiger charge is 2.51. The summed E-state index contributed by atoms with van der Waals surface area (Å²) in [6, 6.07) is 0. The minimum atomic E-state index is -2.13. The molecule has 1 N–H and O–H groups in total. The predicted octanol–water partition coefficient (Wildman–Crippen LogP) is 1.55. The summed E-state index contributed by atoms with van der Waals surface area (Å²) in [5, 5.41) is 10.3. The number of ether oxygens (including phenoxy) is 4. The predicted molar refractivity (Wildman–Crippen MR) is 112 cm³/mol.